The van der Waals surface area contributed by atoms with Gasteiger partial charge >= 0.3 is 6.03 Å². The normalized spacial score (nSPS) is 12.5. The first-order valence-corrected chi connectivity index (χ1v) is 8.70. The fourth-order valence-electron chi connectivity index (χ4n) is 3.10. The number of amides is 3. The van der Waals surface area contributed by atoms with Crippen molar-refractivity contribution in [3.8, 4) is 5.75 Å². The number of fused-ring (bicyclic) bond motifs is 1. The van der Waals surface area contributed by atoms with Gasteiger partial charge in [0.15, 0.2) is 0 Å². The van der Waals surface area contributed by atoms with E-state index >= 15 is 0 Å². The molecule has 0 radical (unpaired) electrons. The molecule has 136 valence electrons. The minimum atomic E-state index is -0.235. The summed E-state index contributed by atoms with van der Waals surface area (Å²) in [5, 5.41) is 2.81. The largest absolute Gasteiger partial charge is 0.497 e. The topological polar surface area (TPSA) is 61.9 Å². The zero-order chi connectivity index (χ0) is 18.5. The van der Waals surface area contributed by atoms with Crippen molar-refractivity contribution >= 4 is 23.3 Å². The number of carbonyl (C=O) groups is 2. The highest BCUT2D eigenvalue weighted by molar-refractivity contribution is 5.99. The van der Waals surface area contributed by atoms with Gasteiger partial charge in [0.25, 0.3) is 0 Å². The molecule has 1 aliphatic rings. The van der Waals surface area contributed by atoms with Gasteiger partial charge in [-0.1, -0.05) is 24.3 Å². The van der Waals surface area contributed by atoms with Gasteiger partial charge in [-0.15, -0.1) is 0 Å². The van der Waals surface area contributed by atoms with Gasteiger partial charge in [0, 0.05) is 30.5 Å². The molecule has 0 fully saturated rings. The van der Waals surface area contributed by atoms with Crippen LogP contribution in [0.4, 0.5) is 16.2 Å². The number of rotatable bonds is 5. The maximum Gasteiger partial charge on any atom is 0.324 e. The molecule has 1 heterocycles. The molecule has 2 aromatic carbocycles. The molecule has 0 unspecified atom stereocenters. The molecule has 0 aliphatic carbocycles. The van der Waals surface area contributed by atoms with Crippen LogP contribution in [0.15, 0.2) is 48.5 Å². The zero-order valence-electron chi connectivity index (χ0n) is 15.1. The molecule has 1 aliphatic heterocycles. The third-order valence-electron chi connectivity index (χ3n) is 4.46. The highest BCUT2D eigenvalue weighted by Gasteiger charge is 2.28. The van der Waals surface area contributed by atoms with Gasteiger partial charge in [0.2, 0.25) is 5.91 Å². The maximum absolute atomic E-state index is 12.9. The van der Waals surface area contributed by atoms with Crippen molar-refractivity contribution in [3.63, 3.8) is 0 Å². The third kappa shape index (κ3) is 3.79. The number of benzene rings is 2. The van der Waals surface area contributed by atoms with Crippen LogP contribution in [0.1, 0.15) is 12.5 Å². The molecule has 0 spiro atoms. The average molecular weight is 353 g/mol. The van der Waals surface area contributed by atoms with Gasteiger partial charge in [-0.25, -0.2) is 4.79 Å². The Bertz CT molecular complexity index is 806. The van der Waals surface area contributed by atoms with Gasteiger partial charge in [-0.2, -0.15) is 0 Å². The summed E-state index contributed by atoms with van der Waals surface area (Å²) in [6.45, 7) is 2.99. The molecule has 2 aromatic rings. The first kappa shape index (κ1) is 17.8. The SMILES string of the molecule is CCN(CC(=O)Nc1cccc(OC)c1)C(=O)N1CCc2ccccc21. The zero-order valence-corrected chi connectivity index (χ0v) is 15.1. The van der Waals surface area contributed by atoms with Crippen molar-refractivity contribution in [2.45, 2.75) is 13.3 Å². The molecule has 6 heteroatoms. The van der Waals surface area contributed by atoms with Crippen LogP contribution in [-0.4, -0.2) is 43.6 Å². The van der Waals surface area contributed by atoms with E-state index in [1.165, 1.54) is 0 Å². The summed E-state index contributed by atoms with van der Waals surface area (Å²) in [4.78, 5) is 28.6. The predicted molar refractivity (Wildman–Crippen MR) is 102 cm³/mol. The lowest BCUT2D eigenvalue weighted by atomic mass is 10.2. The number of nitrogens with one attached hydrogen (secondary N) is 1. The van der Waals surface area contributed by atoms with E-state index < -0.39 is 0 Å². The Balaban J connectivity index is 1.65. The molecule has 3 rings (SSSR count). The monoisotopic (exact) mass is 353 g/mol. The second-order valence-electron chi connectivity index (χ2n) is 6.11. The van der Waals surface area contributed by atoms with Crippen molar-refractivity contribution in [1.82, 2.24) is 4.90 Å². The first-order chi connectivity index (χ1) is 12.6. The van der Waals surface area contributed by atoms with Crippen molar-refractivity contribution in [2.24, 2.45) is 0 Å². The number of ether oxygens (including phenoxy) is 1. The first-order valence-electron chi connectivity index (χ1n) is 8.70. The average Bonchev–Trinajstić information content (AvgIpc) is 3.10. The lowest BCUT2D eigenvalue weighted by Gasteiger charge is -2.27. The summed E-state index contributed by atoms with van der Waals surface area (Å²) >= 11 is 0. The lowest BCUT2D eigenvalue weighted by molar-refractivity contribution is -0.116. The molecule has 0 saturated heterocycles. The number of methoxy groups -OCH3 is 1. The van der Waals surface area contributed by atoms with Crippen LogP contribution in [0.2, 0.25) is 0 Å². The van der Waals surface area contributed by atoms with E-state index in [-0.39, 0.29) is 18.5 Å². The van der Waals surface area contributed by atoms with Gasteiger partial charge in [0.1, 0.15) is 12.3 Å². The Morgan fingerprint density at radius 2 is 2.00 bits per heavy atom. The van der Waals surface area contributed by atoms with E-state index in [4.69, 9.17) is 4.74 Å². The van der Waals surface area contributed by atoms with Gasteiger partial charge < -0.3 is 15.0 Å². The molecule has 26 heavy (non-hydrogen) atoms. The van der Waals surface area contributed by atoms with E-state index in [1.54, 1.807) is 35.1 Å². The Morgan fingerprint density at radius 1 is 1.19 bits per heavy atom. The minimum absolute atomic E-state index is 0.00517. The summed E-state index contributed by atoms with van der Waals surface area (Å²) in [6, 6.07) is 14.9. The van der Waals surface area contributed by atoms with Gasteiger partial charge in [0.05, 0.1) is 7.11 Å². The molecule has 0 bridgehead atoms. The number of likely N-dealkylation sites (N-methyl/N-ethyl adjacent to an activating group) is 1. The molecule has 0 aromatic heterocycles. The van der Waals surface area contributed by atoms with E-state index in [1.807, 2.05) is 37.3 Å². The molecule has 0 atom stereocenters. The molecular weight excluding hydrogens is 330 g/mol. The Kier molecular flexibility index (Phi) is 5.41. The number of carbonyl (C=O) groups excluding carboxylic acids is 2. The predicted octanol–water partition coefficient (Wildman–Crippen LogP) is 3.14. The van der Waals surface area contributed by atoms with Gasteiger partial charge in [-0.05, 0) is 37.1 Å². The van der Waals surface area contributed by atoms with Gasteiger partial charge in [-0.3, -0.25) is 9.69 Å². The molecular formula is C20H23N3O3. The number of hydrogen-bond acceptors (Lipinski definition) is 3. The van der Waals surface area contributed by atoms with Crippen molar-refractivity contribution in [3.05, 3.63) is 54.1 Å². The number of hydrogen-bond donors (Lipinski definition) is 1. The number of urea groups is 1. The summed E-state index contributed by atoms with van der Waals surface area (Å²) in [5.74, 6) is 0.431. The lowest BCUT2D eigenvalue weighted by Crippen LogP contribution is -2.45. The molecule has 0 saturated carbocycles. The molecule has 3 amide bonds. The fraction of sp³-hybridized carbons (Fsp3) is 0.300. The van der Waals surface area contributed by atoms with Crippen molar-refractivity contribution in [1.29, 1.82) is 0 Å². The highest BCUT2D eigenvalue weighted by Crippen LogP contribution is 2.28. The van der Waals surface area contributed by atoms with E-state index in [0.717, 1.165) is 17.7 Å². The van der Waals surface area contributed by atoms with E-state index in [9.17, 15) is 9.59 Å². The smallest absolute Gasteiger partial charge is 0.324 e. The minimum Gasteiger partial charge on any atom is -0.497 e. The molecule has 1 N–H and O–H groups in total. The summed E-state index contributed by atoms with van der Waals surface area (Å²) in [7, 11) is 1.58. The number of anilines is 2. The fourth-order valence-corrected chi connectivity index (χ4v) is 3.10. The standard InChI is InChI=1S/C20H23N3O3/c1-3-22(14-19(24)21-16-8-6-9-17(13-16)26-2)20(25)23-12-11-15-7-4-5-10-18(15)23/h4-10,13H,3,11-12,14H2,1-2H3,(H,21,24). The van der Waals surface area contributed by atoms with Crippen molar-refractivity contribution < 1.29 is 14.3 Å². The van der Waals surface area contributed by atoms with Crippen molar-refractivity contribution in [2.75, 3.05) is 37.0 Å². The third-order valence-corrected chi connectivity index (χ3v) is 4.46. The Labute approximate surface area is 153 Å². The van der Waals surface area contributed by atoms with Crippen LogP contribution >= 0.6 is 0 Å². The second kappa shape index (κ2) is 7.91. The van der Waals surface area contributed by atoms with E-state index in [2.05, 4.69) is 5.32 Å². The number of nitrogens with zero attached hydrogens (tertiary/aromatic N) is 2. The summed E-state index contributed by atoms with van der Waals surface area (Å²) in [5.41, 5.74) is 2.74. The van der Waals surface area contributed by atoms with Crippen LogP contribution in [0.5, 0.6) is 5.75 Å². The molecule has 6 nitrogen and oxygen atoms in total. The summed E-state index contributed by atoms with van der Waals surface area (Å²) in [6.07, 6.45) is 0.843. The number of para-hydroxylation sites is 1. The van der Waals surface area contributed by atoms with Crippen LogP contribution in [0.3, 0.4) is 0 Å². The van der Waals surface area contributed by atoms with Crippen LogP contribution in [-0.2, 0) is 11.2 Å². The van der Waals surface area contributed by atoms with Crippen LogP contribution < -0.4 is 15.0 Å². The Morgan fingerprint density at radius 3 is 2.77 bits per heavy atom. The highest BCUT2D eigenvalue weighted by atomic mass is 16.5. The van der Waals surface area contributed by atoms with Crippen LogP contribution in [0.25, 0.3) is 0 Å². The quantitative estimate of drug-likeness (QED) is 0.898. The van der Waals surface area contributed by atoms with E-state index in [0.29, 0.717) is 24.5 Å². The maximum atomic E-state index is 12.9. The van der Waals surface area contributed by atoms with Crippen LogP contribution in [0, 0.1) is 0 Å². The Hall–Kier alpha value is -3.02. The summed E-state index contributed by atoms with van der Waals surface area (Å²) < 4.78 is 5.16. The second-order valence-corrected chi connectivity index (χ2v) is 6.11.